The summed E-state index contributed by atoms with van der Waals surface area (Å²) in [6.45, 7) is 2.32. The first kappa shape index (κ1) is 14.1. The largest absolute Gasteiger partial charge is 0.317 e. The van der Waals surface area contributed by atoms with Crippen molar-refractivity contribution in [3.05, 3.63) is 22.4 Å². The SMILES string of the molecule is CCCC1CCC(NC)C(CCc2ccsc2)C1. The van der Waals surface area contributed by atoms with Gasteiger partial charge < -0.3 is 5.32 Å². The van der Waals surface area contributed by atoms with Crippen LogP contribution in [0.3, 0.4) is 0 Å². The molecule has 18 heavy (non-hydrogen) atoms. The first-order valence-electron chi connectivity index (χ1n) is 7.51. The Morgan fingerprint density at radius 2 is 2.22 bits per heavy atom. The molecule has 0 aliphatic heterocycles. The standard InChI is InChI=1S/C16H27NS/c1-3-4-13-6-8-16(17-2)15(11-13)7-5-14-9-10-18-12-14/h9-10,12-13,15-17H,3-8,11H2,1-2H3. The monoisotopic (exact) mass is 265 g/mol. The van der Waals surface area contributed by atoms with E-state index in [1.54, 1.807) is 0 Å². The molecule has 1 N–H and O–H groups in total. The highest BCUT2D eigenvalue weighted by atomic mass is 32.1. The first-order chi connectivity index (χ1) is 8.83. The van der Waals surface area contributed by atoms with E-state index in [4.69, 9.17) is 0 Å². The van der Waals surface area contributed by atoms with E-state index >= 15 is 0 Å². The second kappa shape index (κ2) is 7.30. The molecule has 3 atom stereocenters. The van der Waals surface area contributed by atoms with E-state index in [0.29, 0.717) is 0 Å². The molecule has 1 nitrogen and oxygen atoms in total. The van der Waals surface area contributed by atoms with Crippen molar-refractivity contribution < 1.29 is 0 Å². The van der Waals surface area contributed by atoms with Gasteiger partial charge in [0.2, 0.25) is 0 Å². The van der Waals surface area contributed by atoms with Crippen LogP contribution in [-0.2, 0) is 6.42 Å². The van der Waals surface area contributed by atoms with E-state index in [2.05, 4.69) is 36.1 Å². The predicted octanol–water partition coefficient (Wildman–Crippen LogP) is 4.49. The van der Waals surface area contributed by atoms with Crippen LogP contribution >= 0.6 is 11.3 Å². The zero-order valence-corrected chi connectivity index (χ0v) is 12.6. The molecule has 1 aliphatic rings. The Bertz CT molecular complexity index is 320. The Morgan fingerprint density at radius 3 is 2.89 bits per heavy atom. The summed E-state index contributed by atoms with van der Waals surface area (Å²) < 4.78 is 0. The van der Waals surface area contributed by atoms with Crippen LogP contribution in [0.2, 0.25) is 0 Å². The topological polar surface area (TPSA) is 12.0 Å². The van der Waals surface area contributed by atoms with Crippen molar-refractivity contribution in [2.45, 2.75) is 57.9 Å². The molecular weight excluding hydrogens is 238 g/mol. The summed E-state index contributed by atoms with van der Waals surface area (Å²) in [5, 5.41) is 8.06. The van der Waals surface area contributed by atoms with Crippen LogP contribution < -0.4 is 5.32 Å². The van der Waals surface area contributed by atoms with Crippen molar-refractivity contribution in [1.29, 1.82) is 0 Å². The molecule has 1 heterocycles. The van der Waals surface area contributed by atoms with Crippen LogP contribution in [0.25, 0.3) is 0 Å². The minimum absolute atomic E-state index is 0.761. The molecule has 1 fully saturated rings. The average molecular weight is 265 g/mol. The lowest BCUT2D eigenvalue weighted by molar-refractivity contribution is 0.192. The van der Waals surface area contributed by atoms with Crippen LogP contribution in [0.4, 0.5) is 0 Å². The second-order valence-corrected chi connectivity index (χ2v) is 6.57. The summed E-state index contributed by atoms with van der Waals surface area (Å²) in [6, 6.07) is 3.04. The van der Waals surface area contributed by atoms with Crippen LogP contribution in [0.1, 0.15) is 51.0 Å². The zero-order chi connectivity index (χ0) is 12.8. The molecule has 102 valence electrons. The Labute approximate surface area is 116 Å². The first-order valence-corrected chi connectivity index (χ1v) is 8.46. The Kier molecular flexibility index (Phi) is 5.71. The molecule has 1 aromatic heterocycles. The molecule has 1 saturated carbocycles. The van der Waals surface area contributed by atoms with Gasteiger partial charge in [-0.05, 0) is 73.4 Å². The van der Waals surface area contributed by atoms with Crippen molar-refractivity contribution in [2.75, 3.05) is 7.05 Å². The maximum absolute atomic E-state index is 3.55. The summed E-state index contributed by atoms with van der Waals surface area (Å²) in [6.07, 6.45) is 9.69. The van der Waals surface area contributed by atoms with Crippen molar-refractivity contribution >= 4 is 11.3 Å². The number of hydrogen-bond acceptors (Lipinski definition) is 2. The third-order valence-electron chi connectivity index (χ3n) is 4.54. The number of nitrogens with one attached hydrogen (secondary N) is 1. The van der Waals surface area contributed by atoms with Crippen LogP contribution in [0, 0.1) is 11.8 Å². The number of thiophene rings is 1. The minimum atomic E-state index is 0.761. The summed E-state index contributed by atoms with van der Waals surface area (Å²) in [5.74, 6) is 1.88. The predicted molar refractivity (Wildman–Crippen MR) is 81.2 cm³/mol. The number of rotatable bonds is 6. The van der Waals surface area contributed by atoms with E-state index in [0.717, 1.165) is 17.9 Å². The average Bonchev–Trinajstić information content (AvgIpc) is 2.90. The van der Waals surface area contributed by atoms with Gasteiger partial charge in [-0.3, -0.25) is 0 Å². The summed E-state index contributed by atoms with van der Waals surface area (Å²) in [5.41, 5.74) is 1.53. The van der Waals surface area contributed by atoms with Gasteiger partial charge in [-0.1, -0.05) is 19.8 Å². The minimum Gasteiger partial charge on any atom is -0.317 e. The zero-order valence-electron chi connectivity index (χ0n) is 11.8. The Morgan fingerprint density at radius 1 is 1.33 bits per heavy atom. The lowest BCUT2D eigenvalue weighted by Gasteiger charge is -2.36. The van der Waals surface area contributed by atoms with Crippen LogP contribution in [-0.4, -0.2) is 13.1 Å². The smallest absolute Gasteiger partial charge is 0.00926 e. The molecule has 3 unspecified atom stereocenters. The second-order valence-electron chi connectivity index (χ2n) is 5.79. The van der Waals surface area contributed by atoms with E-state index in [1.165, 1.54) is 50.5 Å². The molecule has 0 aromatic carbocycles. The lowest BCUT2D eigenvalue weighted by atomic mass is 9.74. The summed E-state index contributed by atoms with van der Waals surface area (Å²) in [7, 11) is 2.14. The third-order valence-corrected chi connectivity index (χ3v) is 5.27. The van der Waals surface area contributed by atoms with Crippen molar-refractivity contribution in [1.82, 2.24) is 5.32 Å². The molecule has 1 aromatic rings. The van der Waals surface area contributed by atoms with Gasteiger partial charge in [0.15, 0.2) is 0 Å². The third kappa shape index (κ3) is 3.83. The van der Waals surface area contributed by atoms with E-state index in [9.17, 15) is 0 Å². The highest BCUT2D eigenvalue weighted by Crippen LogP contribution is 2.34. The lowest BCUT2D eigenvalue weighted by Crippen LogP contribution is -2.38. The van der Waals surface area contributed by atoms with E-state index in [1.807, 2.05) is 11.3 Å². The highest BCUT2D eigenvalue weighted by molar-refractivity contribution is 7.07. The van der Waals surface area contributed by atoms with Gasteiger partial charge in [-0.2, -0.15) is 11.3 Å². The highest BCUT2D eigenvalue weighted by Gasteiger charge is 2.28. The number of hydrogen-bond donors (Lipinski definition) is 1. The van der Waals surface area contributed by atoms with Gasteiger partial charge >= 0.3 is 0 Å². The molecule has 0 saturated heterocycles. The van der Waals surface area contributed by atoms with E-state index < -0.39 is 0 Å². The van der Waals surface area contributed by atoms with Crippen molar-refractivity contribution in [2.24, 2.45) is 11.8 Å². The molecule has 0 bridgehead atoms. The maximum atomic E-state index is 3.55. The fourth-order valence-electron chi connectivity index (χ4n) is 3.52. The molecule has 2 rings (SSSR count). The normalized spacial score (nSPS) is 28.4. The van der Waals surface area contributed by atoms with Gasteiger partial charge in [-0.25, -0.2) is 0 Å². The van der Waals surface area contributed by atoms with Crippen molar-refractivity contribution in [3.8, 4) is 0 Å². The van der Waals surface area contributed by atoms with E-state index in [-0.39, 0.29) is 0 Å². The fraction of sp³-hybridized carbons (Fsp3) is 0.750. The Balaban J connectivity index is 1.85. The van der Waals surface area contributed by atoms with Gasteiger partial charge in [0.05, 0.1) is 0 Å². The molecule has 0 amide bonds. The molecule has 0 radical (unpaired) electrons. The van der Waals surface area contributed by atoms with Crippen LogP contribution in [0.5, 0.6) is 0 Å². The van der Waals surface area contributed by atoms with Gasteiger partial charge in [0.25, 0.3) is 0 Å². The number of aryl methyl sites for hydroxylation is 1. The van der Waals surface area contributed by atoms with Gasteiger partial charge in [0, 0.05) is 6.04 Å². The Hall–Kier alpha value is -0.340. The van der Waals surface area contributed by atoms with Crippen LogP contribution in [0.15, 0.2) is 16.8 Å². The fourth-order valence-corrected chi connectivity index (χ4v) is 4.22. The quantitative estimate of drug-likeness (QED) is 0.799. The van der Waals surface area contributed by atoms with Gasteiger partial charge in [0.1, 0.15) is 0 Å². The van der Waals surface area contributed by atoms with Crippen molar-refractivity contribution in [3.63, 3.8) is 0 Å². The summed E-state index contributed by atoms with van der Waals surface area (Å²) >= 11 is 1.83. The summed E-state index contributed by atoms with van der Waals surface area (Å²) in [4.78, 5) is 0. The molecule has 1 aliphatic carbocycles. The molecule has 2 heteroatoms. The van der Waals surface area contributed by atoms with Gasteiger partial charge in [-0.15, -0.1) is 0 Å². The maximum Gasteiger partial charge on any atom is 0.00926 e. The molecule has 0 spiro atoms. The molecular formula is C16H27NS.